The number of amides is 17. The molecule has 15 atom stereocenters. The number of aliphatic hydroxyl groups is 1. The van der Waals surface area contributed by atoms with Gasteiger partial charge in [-0.05, 0) is 104 Å². The number of para-hydroxylation sites is 2. The number of nitrogens with two attached hydrogens (primary N) is 2. The van der Waals surface area contributed by atoms with E-state index in [0.717, 1.165) is 36.3 Å². The highest BCUT2D eigenvalue weighted by atomic mass is 32.2. The fraction of sp³-hybridized carbons (Fsp3) is 0.510. The average molecular weight is 1990 g/mol. The Balaban J connectivity index is 1.05. The van der Waals surface area contributed by atoms with Crippen LogP contribution in [0.1, 0.15) is 153 Å². The van der Waals surface area contributed by atoms with Gasteiger partial charge in [-0.3, -0.25) is 96.1 Å². The van der Waals surface area contributed by atoms with Crippen molar-refractivity contribution in [1.82, 2.24) is 97.2 Å². The van der Waals surface area contributed by atoms with Crippen molar-refractivity contribution >= 4 is 152 Å². The molecule has 4 aliphatic rings. The van der Waals surface area contributed by atoms with Gasteiger partial charge in [0, 0.05) is 143 Å². The predicted octanol–water partition coefficient (Wildman–Crippen LogP) is -1.01. The van der Waals surface area contributed by atoms with E-state index in [1.165, 1.54) is 88.0 Å². The summed E-state index contributed by atoms with van der Waals surface area (Å²) < 4.78 is 1.43. The van der Waals surface area contributed by atoms with E-state index in [2.05, 4.69) is 73.1 Å². The van der Waals surface area contributed by atoms with Crippen molar-refractivity contribution in [3.8, 4) is 5.75 Å². The number of aliphatic imine (C=N–C) groups is 1. The molecular formula is C96H128N22O23S. The summed E-state index contributed by atoms with van der Waals surface area (Å²) in [4.78, 5) is 298. The number of rotatable bonds is 28. The smallest absolute Gasteiger partial charge is 0.323 e. The number of fused-ring (bicyclic) bond motifs is 4. The Kier molecular flexibility index (Phi) is 39.7. The molecule has 0 bridgehead atoms. The monoisotopic (exact) mass is 1990 g/mol. The lowest BCUT2D eigenvalue weighted by atomic mass is 9.99. The van der Waals surface area contributed by atoms with Crippen LogP contribution in [0.25, 0.3) is 21.8 Å². The number of phenols is 1. The molecule has 10 rings (SSSR count). The number of aliphatic carboxylic acids is 2. The van der Waals surface area contributed by atoms with Crippen LogP contribution in [0.2, 0.25) is 0 Å². The number of aliphatic hydroxyl groups excluding tert-OH is 1. The number of aromatic nitrogens is 4. The molecule has 0 saturated carbocycles. The van der Waals surface area contributed by atoms with Gasteiger partial charge < -0.3 is 124 Å². The van der Waals surface area contributed by atoms with Crippen LogP contribution >= 0.6 is 11.8 Å². The van der Waals surface area contributed by atoms with Gasteiger partial charge in [0.15, 0.2) is 0 Å². The van der Waals surface area contributed by atoms with Crippen molar-refractivity contribution in [3.63, 3.8) is 0 Å². The number of carbonyl (C=O) groups excluding carboxylic acids is 17. The maximum Gasteiger partial charge on any atom is 0.323 e. The first kappa shape index (κ1) is 109. The number of aromatic hydroxyl groups is 1. The molecule has 0 aliphatic carbocycles. The second-order valence-electron chi connectivity index (χ2n) is 36.6. The molecule has 0 spiro atoms. The Hall–Kier alpha value is -14.6. The van der Waals surface area contributed by atoms with Gasteiger partial charge >= 0.3 is 11.9 Å². The minimum absolute atomic E-state index is 0.0182. The average Bonchev–Trinajstić information content (AvgIpc) is 1.63. The van der Waals surface area contributed by atoms with Gasteiger partial charge in [-0.1, -0.05) is 102 Å². The van der Waals surface area contributed by atoms with Crippen molar-refractivity contribution in [3.05, 3.63) is 132 Å². The van der Waals surface area contributed by atoms with Crippen molar-refractivity contribution in [2.45, 2.75) is 254 Å². The second kappa shape index (κ2) is 51.5. The van der Waals surface area contributed by atoms with Crippen molar-refractivity contribution in [2.75, 3.05) is 52.3 Å². The molecule has 3 aromatic heterocycles. The van der Waals surface area contributed by atoms with Crippen LogP contribution in [-0.4, -0.2) is 326 Å². The lowest BCUT2D eigenvalue weighted by molar-refractivity contribution is -0.149. The van der Waals surface area contributed by atoms with E-state index in [4.69, 9.17) is 11.5 Å². The number of hydrogen-bond acceptors (Lipinski definition) is 24. The molecule has 3 aromatic carbocycles. The molecule has 142 heavy (non-hydrogen) atoms. The van der Waals surface area contributed by atoms with Gasteiger partial charge in [-0.15, -0.1) is 11.8 Å². The van der Waals surface area contributed by atoms with Crippen LogP contribution in [0.4, 0.5) is 0 Å². The standard InChI is InChI=1S/C96H128N22O23S/c1-9-11-21-74-89(134)107-65(34-52(3)4)85(130)112-72(84(129)102-45-79(98)122)49-142-50-80(123)104-69(35-54-25-27-59(119)28-26-54)92(137)113(6)53(5)83(128)110-71(41-78(97)121)95(140)117-33-17-24-75(117)90(135)108-66(36-55-31-32-99-42-55)86(131)105-64(29-30-81(124)125)94(139)118-47-60(120)40-77(118)91(136)109-67(37-56-43-101-63-20-15-13-18-61(56)63)87(132)106-68(39-58-44-100-51-103-58)88(133)111-70(93(138)115(8)76(22-12-10-2)96(141)114(74)7)38-57-46-116(48-82(126)127)73-23-16-14-19-62(57)73/h13-16,18-20,23,25-28,32,42-44,46,51-53,60,64-72,74-77,101,119-120H,9-12,17,21-22,24,29-31,33-41,45,47-50H2,1-8H3,(H2,97,121)(H2,98,122)(H,100,103)(H,102,129)(H,104,123)(H,105,131)(H,106,132)(H,107,134)(H,108,135)(H,109,136)(H,110,128)(H,111,133)(H,112,130)(H,124,125)(H,126,127)/t53-,60+,64-,65-,66-,67-,68-,69-,70-,71-,72-,74-,75?,76-,77-/m0/s1. The van der Waals surface area contributed by atoms with E-state index in [-0.39, 0.29) is 81.7 Å². The highest BCUT2D eigenvalue weighted by Gasteiger charge is 2.47. The molecule has 7 heterocycles. The normalized spacial score (nSPS) is 24.5. The molecule has 46 heteroatoms. The van der Waals surface area contributed by atoms with Gasteiger partial charge in [0.2, 0.25) is 100 Å². The first-order valence-electron chi connectivity index (χ1n) is 47.4. The summed E-state index contributed by atoms with van der Waals surface area (Å²) in [6.07, 6.45) is 4.25. The number of nitrogens with one attached hydrogen (secondary N) is 12. The van der Waals surface area contributed by atoms with Crippen LogP contribution < -0.4 is 64.6 Å². The number of thioether (sulfide) groups is 1. The molecule has 0 radical (unpaired) electrons. The maximum atomic E-state index is 16.2. The molecule has 3 fully saturated rings. The molecule has 1 unspecified atom stereocenters. The molecule has 6 aromatic rings. The van der Waals surface area contributed by atoms with Crippen molar-refractivity contribution in [1.29, 1.82) is 0 Å². The van der Waals surface area contributed by atoms with E-state index >= 15 is 38.4 Å². The summed E-state index contributed by atoms with van der Waals surface area (Å²) in [6, 6.07) is -3.44. The Morgan fingerprint density at radius 2 is 1.15 bits per heavy atom. The first-order valence-corrected chi connectivity index (χ1v) is 48.5. The topological polar surface area (TPSA) is 656 Å². The van der Waals surface area contributed by atoms with E-state index in [1.807, 2.05) is 13.8 Å². The summed E-state index contributed by atoms with van der Waals surface area (Å²) in [5.41, 5.74) is 14.1. The van der Waals surface area contributed by atoms with Gasteiger partial charge in [0.05, 0.1) is 31.1 Å². The number of imidazole rings is 1. The third-order valence-electron chi connectivity index (χ3n) is 25.5. The number of hydrogen-bond donors (Lipinski definition) is 18. The number of benzene rings is 3. The lowest BCUT2D eigenvalue weighted by Gasteiger charge is -2.36. The fourth-order valence-corrected chi connectivity index (χ4v) is 18.6. The number of aromatic amines is 2. The molecule has 45 nitrogen and oxygen atoms in total. The molecule has 20 N–H and O–H groups in total. The first-order chi connectivity index (χ1) is 67.6. The van der Waals surface area contributed by atoms with Crippen LogP contribution in [0, 0.1) is 5.92 Å². The zero-order valence-electron chi connectivity index (χ0n) is 80.5. The Morgan fingerprint density at radius 3 is 1.80 bits per heavy atom. The van der Waals surface area contributed by atoms with E-state index in [0.29, 0.717) is 69.8 Å². The zero-order valence-corrected chi connectivity index (χ0v) is 81.3. The van der Waals surface area contributed by atoms with Gasteiger partial charge in [-0.25, -0.2) is 4.98 Å². The van der Waals surface area contributed by atoms with E-state index in [9.17, 15) is 73.2 Å². The molecular weight excluding hydrogens is 1860 g/mol. The summed E-state index contributed by atoms with van der Waals surface area (Å²) in [5.74, 6) is -20.8. The second-order valence-corrected chi connectivity index (χ2v) is 37.6. The number of likely N-dealkylation sites (N-methyl/N-ethyl adjacent to an activating group) is 3. The highest BCUT2D eigenvalue weighted by Crippen LogP contribution is 2.30. The van der Waals surface area contributed by atoms with Gasteiger partial charge in [0.1, 0.15) is 96.9 Å². The number of nitrogens with zero attached hydrogens (tertiary/aromatic N) is 8. The largest absolute Gasteiger partial charge is 0.508 e. The maximum absolute atomic E-state index is 16.2. The summed E-state index contributed by atoms with van der Waals surface area (Å²) in [5, 5.41) is 69.8. The molecule has 3 saturated heterocycles. The van der Waals surface area contributed by atoms with E-state index in [1.54, 1.807) is 68.6 Å². The number of phenolic OH excluding ortho intramolecular Hbond substituents is 1. The van der Waals surface area contributed by atoms with Gasteiger partial charge in [0.25, 0.3) is 0 Å². The molecule has 766 valence electrons. The van der Waals surface area contributed by atoms with Gasteiger partial charge in [-0.2, -0.15) is 0 Å². The number of primary amides is 2. The Labute approximate surface area is 822 Å². The van der Waals surface area contributed by atoms with Crippen LogP contribution in [-0.2, 0) is 123 Å². The molecule has 17 amide bonds. The minimum Gasteiger partial charge on any atom is -0.508 e. The summed E-state index contributed by atoms with van der Waals surface area (Å²) >= 11 is 0.773. The number of carbonyl (C=O) groups is 19. The fourth-order valence-electron chi connectivity index (χ4n) is 17.8. The summed E-state index contributed by atoms with van der Waals surface area (Å²) in [7, 11) is 3.88. The number of carboxylic acids is 2. The highest BCUT2D eigenvalue weighted by molar-refractivity contribution is 8.00. The third kappa shape index (κ3) is 30.0. The Morgan fingerprint density at radius 1 is 0.570 bits per heavy atom. The molecule has 4 aliphatic heterocycles. The summed E-state index contributed by atoms with van der Waals surface area (Å²) in [6.45, 7) is 6.38. The van der Waals surface area contributed by atoms with Crippen molar-refractivity contribution in [2.24, 2.45) is 22.4 Å². The van der Waals surface area contributed by atoms with Crippen LogP contribution in [0.15, 0.2) is 114 Å². The van der Waals surface area contributed by atoms with Crippen LogP contribution in [0.3, 0.4) is 0 Å². The van der Waals surface area contributed by atoms with E-state index < -0.39 is 273 Å². The zero-order chi connectivity index (χ0) is 103. The van der Waals surface area contributed by atoms with Crippen LogP contribution in [0.5, 0.6) is 5.75 Å². The lowest BCUT2D eigenvalue weighted by Crippen LogP contribution is -2.61. The number of unbranched alkanes of at least 4 members (excludes halogenated alkanes) is 2. The number of H-pyrrole nitrogens is 2. The number of carboxylic acid groups (broad SMARTS) is 2. The van der Waals surface area contributed by atoms with Crippen molar-refractivity contribution < 1.29 is 112 Å². The third-order valence-corrected chi connectivity index (χ3v) is 26.5. The SMILES string of the molecule is CCCC[C@H]1C(=O)N(C)[C@@H](CCCC)C(=O)N[C@@H](CC(C)C)C(=O)N[C@H](C(=O)NCC(N)=O)CSCC(=O)N[C@@H](Cc2ccc(O)cc2)C(=O)N(C)[C@@H](C)C(=O)N[C@@H](CC(N)=O)C(=O)N2CCCC2C(=O)N[C@@H](CC2=CN=CC2)C(=O)N[C@@H](CCC(=O)O)C(=O)N2C[C@H](O)C[C@H]2C(=O)N[C@@H](Cc2c[nH]c3ccccc23)C(=O)N[C@@H](Cc2cnc[nH]2)C(=O)N[C@@H](Cc2cn(CC(=O)O)c3ccccc23)C(=O)N1C. The predicted molar refractivity (Wildman–Crippen MR) is 517 cm³/mol. The Bertz CT molecular complexity index is 5670. The quantitative estimate of drug-likeness (QED) is 0.0280. The minimum atomic E-state index is -1.85.